The van der Waals surface area contributed by atoms with Crippen LogP contribution in [0.5, 0.6) is 5.75 Å². The maximum Gasteiger partial charge on any atom is 0.141 e. The van der Waals surface area contributed by atoms with Crippen molar-refractivity contribution in [2.45, 2.75) is 19.4 Å². The molecule has 37 heavy (non-hydrogen) atoms. The van der Waals surface area contributed by atoms with Crippen LogP contribution < -0.4 is 15.4 Å². The molecule has 0 saturated carbocycles. The second kappa shape index (κ2) is 12.6. The zero-order valence-corrected chi connectivity index (χ0v) is 21.6. The summed E-state index contributed by atoms with van der Waals surface area (Å²) in [5.41, 5.74) is 2.84. The zero-order valence-electron chi connectivity index (χ0n) is 20.8. The van der Waals surface area contributed by atoms with Crippen molar-refractivity contribution < 1.29 is 8.95 Å². The van der Waals surface area contributed by atoms with E-state index in [1.165, 1.54) is 0 Å². The lowest BCUT2D eigenvalue weighted by molar-refractivity contribution is 0.294. The van der Waals surface area contributed by atoms with Gasteiger partial charge in [-0.05, 0) is 55.3 Å². The second-order valence-electron chi connectivity index (χ2n) is 9.06. The van der Waals surface area contributed by atoms with Crippen molar-refractivity contribution in [3.05, 3.63) is 78.8 Å². The van der Waals surface area contributed by atoms with Crippen LogP contribution in [0.3, 0.4) is 0 Å². The Bertz CT molecular complexity index is 1310. The molecule has 2 aromatic heterocycles. The lowest BCUT2D eigenvalue weighted by atomic mass is 10.2. The van der Waals surface area contributed by atoms with E-state index < -0.39 is 10.8 Å². The average molecular weight is 517 g/mol. The molecule has 1 saturated heterocycles. The minimum Gasteiger partial charge on any atom is -0.489 e. The van der Waals surface area contributed by atoms with Gasteiger partial charge in [-0.3, -0.25) is 4.21 Å². The number of aromatic nitrogens is 3. The quantitative estimate of drug-likeness (QED) is 0.280. The number of nitrogens with zero attached hydrogens (tertiary/aromatic N) is 4. The molecule has 0 aliphatic carbocycles. The molecule has 1 aliphatic heterocycles. The van der Waals surface area contributed by atoms with Gasteiger partial charge < -0.3 is 20.3 Å². The molecule has 9 heteroatoms. The molecule has 0 bridgehead atoms. The summed E-state index contributed by atoms with van der Waals surface area (Å²) in [6.45, 7) is 4.34. The number of ether oxygens (including phenoxy) is 1. The Hall–Kier alpha value is -3.56. The van der Waals surface area contributed by atoms with Crippen molar-refractivity contribution in [1.29, 1.82) is 0 Å². The molecule has 0 unspecified atom stereocenters. The van der Waals surface area contributed by atoms with Gasteiger partial charge >= 0.3 is 0 Å². The number of pyridine rings is 1. The van der Waals surface area contributed by atoms with Crippen LogP contribution in [-0.4, -0.2) is 61.7 Å². The second-order valence-corrected chi connectivity index (χ2v) is 10.8. The van der Waals surface area contributed by atoms with Crippen LogP contribution in [0.1, 0.15) is 18.4 Å². The SMILES string of the molecule is O=S1CCN(CCCCNc2cc3c(Nc4ccc(OCc5ccccc5)cc4)ncnc3cn2)CC1. The third-order valence-corrected chi connectivity index (χ3v) is 7.64. The molecule has 1 fully saturated rings. The smallest absolute Gasteiger partial charge is 0.141 e. The number of benzene rings is 2. The molecule has 1 aliphatic rings. The summed E-state index contributed by atoms with van der Waals surface area (Å²) in [7, 11) is -0.614. The van der Waals surface area contributed by atoms with E-state index in [9.17, 15) is 4.21 Å². The Balaban J connectivity index is 1.14. The third-order valence-electron chi connectivity index (χ3n) is 6.36. The minimum atomic E-state index is -0.614. The number of hydrogen-bond acceptors (Lipinski definition) is 8. The van der Waals surface area contributed by atoms with Crippen molar-refractivity contribution in [2.24, 2.45) is 0 Å². The van der Waals surface area contributed by atoms with Gasteiger partial charge in [0, 0.05) is 53.0 Å². The lowest BCUT2D eigenvalue weighted by Gasteiger charge is -2.25. The first-order chi connectivity index (χ1) is 18.2. The summed E-state index contributed by atoms with van der Waals surface area (Å²) < 4.78 is 17.4. The molecular weight excluding hydrogens is 484 g/mol. The van der Waals surface area contributed by atoms with E-state index in [2.05, 4.69) is 42.6 Å². The first-order valence-corrected chi connectivity index (χ1v) is 14.2. The van der Waals surface area contributed by atoms with Gasteiger partial charge in [-0.15, -0.1) is 0 Å². The predicted octanol–water partition coefficient (Wildman–Crippen LogP) is 4.60. The van der Waals surface area contributed by atoms with E-state index in [-0.39, 0.29) is 0 Å². The molecule has 2 aromatic carbocycles. The Morgan fingerprint density at radius 3 is 2.57 bits per heavy atom. The molecule has 192 valence electrons. The third kappa shape index (κ3) is 7.24. The fourth-order valence-electron chi connectivity index (χ4n) is 4.24. The summed E-state index contributed by atoms with van der Waals surface area (Å²) >= 11 is 0. The largest absolute Gasteiger partial charge is 0.489 e. The van der Waals surface area contributed by atoms with Crippen LogP contribution in [0, 0.1) is 0 Å². The van der Waals surface area contributed by atoms with Crippen molar-refractivity contribution in [3.63, 3.8) is 0 Å². The summed E-state index contributed by atoms with van der Waals surface area (Å²) in [5, 5.41) is 7.74. The molecular formula is C28H32N6O2S. The Labute approximate surface area is 220 Å². The van der Waals surface area contributed by atoms with Crippen LogP contribution >= 0.6 is 0 Å². The van der Waals surface area contributed by atoms with E-state index in [0.29, 0.717) is 6.61 Å². The Morgan fingerprint density at radius 1 is 0.946 bits per heavy atom. The van der Waals surface area contributed by atoms with E-state index in [4.69, 9.17) is 4.74 Å². The van der Waals surface area contributed by atoms with E-state index in [1.807, 2.05) is 48.5 Å². The molecule has 8 nitrogen and oxygen atoms in total. The van der Waals surface area contributed by atoms with Crippen LogP contribution in [0.25, 0.3) is 10.9 Å². The maximum absolute atomic E-state index is 11.5. The number of anilines is 3. The number of hydrogen-bond donors (Lipinski definition) is 2. The van der Waals surface area contributed by atoms with E-state index in [1.54, 1.807) is 12.5 Å². The normalized spacial score (nSPS) is 14.5. The molecule has 5 rings (SSSR count). The first-order valence-electron chi connectivity index (χ1n) is 12.7. The average Bonchev–Trinajstić information content (AvgIpc) is 2.94. The predicted molar refractivity (Wildman–Crippen MR) is 150 cm³/mol. The zero-order chi connectivity index (χ0) is 25.3. The first kappa shape index (κ1) is 25.1. The summed E-state index contributed by atoms with van der Waals surface area (Å²) in [4.78, 5) is 15.8. The molecule has 0 radical (unpaired) electrons. The fourth-order valence-corrected chi connectivity index (χ4v) is 5.37. The van der Waals surface area contributed by atoms with Gasteiger partial charge in [-0.1, -0.05) is 30.3 Å². The van der Waals surface area contributed by atoms with Crippen LogP contribution in [0.15, 0.2) is 73.2 Å². The summed E-state index contributed by atoms with van der Waals surface area (Å²) in [6, 6.07) is 20.0. The van der Waals surface area contributed by atoms with Gasteiger partial charge in [0.15, 0.2) is 0 Å². The van der Waals surface area contributed by atoms with Crippen molar-refractivity contribution in [2.75, 3.05) is 48.3 Å². The molecule has 4 aromatic rings. The monoisotopic (exact) mass is 516 g/mol. The summed E-state index contributed by atoms with van der Waals surface area (Å²) in [6.07, 6.45) is 5.48. The minimum absolute atomic E-state index is 0.535. The summed E-state index contributed by atoms with van der Waals surface area (Å²) in [5.74, 6) is 3.97. The molecule has 0 atom stereocenters. The highest BCUT2D eigenvalue weighted by Gasteiger charge is 2.14. The highest BCUT2D eigenvalue weighted by Crippen LogP contribution is 2.26. The highest BCUT2D eigenvalue weighted by atomic mass is 32.2. The lowest BCUT2D eigenvalue weighted by Crippen LogP contribution is -2.38. The van der Waals surface area contributed by atoms with Gasteiger partial charge in [0.25, 0.3) is 0 Å². The van der Waals surface area contributed by atoms with Gasteiger partial charge in [0.1, 0.15) is 30.3 Å². The van der Waals surface area contributed by atoms with E-state index >= 15 is 0 Å². The van der Waals surface area contributed by atoms with Crippen molar-refractivity contribution >= 4 is 39.0 Å². The van der Waals surface area contributed by atoms with Gasteiger partial charge in [0.2, 0.25) is 0 Å². The van der Waals surface area contributed by atoms with Gasteiger partial charge in [0.05, 0.1) is 11.7 Å². The van der Waals surface area contributed by atoms with Crippen LogP contribution in [0.4, 0.5) is 17.3 Å². The van der Waals surface area contributed by atoms with Crippen molar-refractivity contribution in [1.82, 2.24) is 19.9 Å². The van der Waals surface area contributed by atoms with Crippen LogP contribution in [0.2, 0.25) is 0 Å². The number of unbranched alkanes of at least 4 members (excludes halogenated alkanes) is 1. The Morgan fingerprint density at radius 2 is 1.76 bits per heavy atom. The van der Waals surface area contributed by atoms with Gasteiger partial charge in [-0.25, -0.2) is 15.0 Å². The topological polar surface area (TPSA) is 92.3 Å². The highest BCUT2D eigenvalue weighted by molar-refractivity contribution is 7.85. The van der Waals surface area contributed by atoms with Crippen LogP contribution in [-0.2, 0) is 17.4 Å². The number of nitrogens with one attached hydrogen (secondary N) is 2. The molecule has 0 spiro atoms. The maximum atomic E-state index is 11.5. The van der Waals surface area contributed by atoms with E-state index in [0.717, 1.165) is 90.1 Å². The standard InChI is InChI=1S/C28H32N6O2S/c35-37-16-14-34(15-17-37)13-5-4-12-29-27-18-25-26(19-30-27)31-21-32-28(25)33-23-8-10-24(11-9-23)36-20-22-6-2-1-3-7-22/h1-3,6-11,18-19,21H,4-5,12-17,20H2,(H,29,30)(H,31,32,33). The molecule has 3 heterocycles. The fraction of sp³-hybridized carbons (Fsp3) is 0.321. The molecule has 0 amide bonds. The van der Waals surface area contributed by atoms with Crippen molar-refractivity contribution in [3.8, 4) is 5.75 Å². The van der Waals surface area contributed by atoms with Gasteiger partial charge in [-0.2, -0.15) is 0 Å². The Kier molecular flexibility index (Phi) is 8.55. The number of rotatable bonds is 11. The number of fused-ring (bicyclic) bond motifs is 1. The molecule has 2 N–H and O–H groups in total.